The highest BCUT2D eigenvalue weighted by Crippen LogP contribution is 2.21. The van der Waals surface area contributed by atoms with Gasteiger partial charge in [0.15, 0.2) is 5.02 Å². The van der Waals surface area contributed by atoms with Gasteiger partial charge in [-0.15, -0.1) is 0 Å². The zero-order valence-electron chi connectivity index (χ0n) is 21.1. The predicted molar refractivity (Wildman–Crippen MR) is 137 cm³/mol. The van der Waals surface area contributed by atoms with Crippen LogP contribution in [0.25, 0.3) is 11.0 Å². The highest BCUT2D eigenvalue weighted by Gasteiger charge is 2.25. The molecule has 4 aromatic rings. The van der Waals surface area contributed by atoms with Crippen molar-refractivity contribution in [2.75, 3.05) is 0 Å². The molecule has 0 aliphatic carbocycles. The van der Waals surface area contributed by atoms with Crippen LogP contribution >= 0.6 is 11.6 Å². The first-order valence-electron chi connectivity index (χ1n) is 11.6. The molecule has 39 heavy (non-hydrogen) atoms. The van der Waals surface area contributed by atoms with Crippen LogP contribution in [0.15, 0.2) is 52.3 Å². The number of halogens is 3. The average Bonchev–Trinajstić information content (AvgIpc) is 3.12. The summed E-state index contributed by atoms with van der Waals surface area (Å²) in [4.78, 5) is 54.8. The number of aromatic nitrogens is 4. The molecule has 0 atom stereocenters. The zero-order valence-corrected chi connectivity index (χ0v) is 21.8. The smallest absolute Gasteiger partial charge is 0.342 e. The summed E-state index contributed by atoms with van der Waals surface area (Å²) in [6.07, 6.45) is 0.804. The maximum atomic E-state index is 13.9. The van der Waals surface area contributed by atoms with Gasteiger partial charge in [-0.05, 0) is 43.7 Å². The van der Waals surface area contributed by atoms with Crippen molar-refractivity contribution < 1.29 is 28.2 Å². The van der Waals surface area contributed by atoms with E-state index in [2.05, 4.69) is 4.98 Å². The van der Waals surface area contributed by atoms with Gasteiger partial charge in [-0.2, -0.15) is 0 Å². The number of hydrogen-bond donors (Lipinski definition) is 1. The molecule has 0 amide bonds. The third-order valence-corrected chi connectivity index (χ3v) is 6.06. The summed E-state index contributed by atoms with van der Waals surface area (Å²) in [5.74, 6) is -3.13. The van der Waals surface area contributed by atoms with Crippen molar-refractivity contribution in [1.29, 1.82) is 0 Å². The number of carbonyl (C=O) groups excluding carboxylic acids is 2. The van der Waals surface area contributed by atoms with Gasteiger partial charge in [-0.3, -0.25) is 19.0 Å². The summed E-state index contributed by atoms with van der Waals surface area (Å²) in [5, 5.41) is 9.65. The van der Waals surface area contributed by atoms with E-state index in [0.717, 1.165) is 26.1 Å². The number of imidazole rings is 1. The SMILES string of the molecule is CC(=O)n1c(=O)n(C(=O)CC(C)(C)O)c2ccc(Cn3cnc(OCc4ccc(F)cc4F)c(Cl)c3=O)cc21. The molecule has 2 aromatic carbocycles. The number of benzene rings is 2. The van der Waals surface area contributed by atoms with Crippen molar-refractivity contribution in [3.8, 4) is 5.88 Å². The third-order valence-electron chi connectivity index (χ3n) is 5.74. The monoisotopic (exact) mass is 560 g/mol. The maximum Gasteiger partial charge on any atom is 0.342 e. The van der Waals surface area contributed by atoms with Gasteiger partial charge in [-0.25, -0.2) is 27.7 Å². The van der Waals surface area contributed by atoms with Crippen molar-refractivity contribution >= 4 is 34.4 Å². The van der Waals surface area contributed by atoms with Gasteiger partial charge < -0.3 is 9.84 Å². The van der Waals surface area contributed by atoms with Crippen molar-refractivity contribution in [1.82, 2.24) is 18.7 Å². The average molecular weight is 561 g/mol. The Morgan fingerprint density at radius 1 is 1.08 bits per heavy atom. The number of rotatable bonds is 7. The summed E-state index contributed by atoms with van der Waals surface area (Å²) < 4.78 is 35.1. The molecule has 0 bridgehead atoms. The summed E-state index contributed by atoms with van der Waals surface area (Å²) in [7, 11) is 0. The number of nitrogens with zero attached hydrogens (tertiary/aromatic N) is 4. The Hall–Kier alpha value is -4.16. The Labute approximate surface area is 224 Å². The summed E-state index contributed by atoms with van der Waals surface area (Å²) >= 11 is 6.14. The minimum absolute atomic E-state index is 0.0382. The molecule has 13 heteroatoms. The van der Waals surface area contributed by atoms with Crippen LogP contribution in [-0.4, -0.2) is 41.2 Å². The molecule has 0 fully saturated rings. The fourth-order valence-corrected chi connectivity index (χ4v) is 4.19. The van der Waals surface area contributed by atoms with E-state index >= 15 is 0 Å². The van der Waals surface area contributed by atoms with Gasteiger partial charge in [0.25, 0.3) is 5.56 Å². The topological polar surface area (TPSA) is 125 Å². The molecule has 204 valence electrons. The molecule has 2 heterocycles. The van der Waals surface area contributed by atoms with E-state index in [-0.39, 0.29) is 47.1 Å². The Morgan fingerprint density at radius 2 is 1.79 bits per heavy atom. The lowest BCUT2D eigenvalue weighted by Gasteiger charge is -2.15. The van der Waals surface area contributed by atoms with Crippen LogP contribution in [0, 0.1) is 11.6 Å². The Balaban J connectivity index is 1.64. The number of hydrogen-bond acceptors (Lipinski definition) is 7. The Bertz CT molecular complexity index is 1740. The lowest BCUT2D eigenvalue weighted by molar-refractivity contribution is 0.0530. The fourth-order valence-electron chi connectivity index (χ4n) is 3.98. The normalized spacial score (nSPS) is 11.7. The fraction of sp³-hybridized carbons (Fsp3) is 0.269. The van der Waals surface area contributed by atoms with E-state index in [1.54, 1.807) is 6.07 Å². The van der Waals surface area contributed by atoms with Gasteiger partial charge in [0.1, 0.15) is 24.6 Å². The number of ether oxygens (including phenoxy) is 1. The lowest BCUT2D eigenvalue weighted by Crippen LogP contribution is -2.35. The van der Waals surface area contributed by atoms with Crippen molar-refractivity contribution in [2.45, 2.75) is 45.9 Å². The first-order valence-corrected chi connectivity index (χ1v) is 12.0. The molecule has 0 aliphatic heterocycles. The molecular weight excluding hydrogens is 538 g/mol. The van der Waals surface area contributed by atoms with E-state index in [1.807, 2.05) is 0 Å². The predicted octanol–water partition coefficient (Wildman–Crippen LogP) is 3.38. The minimum Gasteiger partial charge on any atom is -0.471 e. The molecule has 1 N–H and O–H groups in total. The van der Waals surface area contributed by atoms with Crippen LogP contribution in [0.2, 0.25) is 5.02 Å². The molecule has 4 rings (SSSR count). The molecule has 10 nitrogen and oxygen atoms in total. The Kier molecular flexibility index (Phi) is 7.53. The second-order valence-corrected chi connectivity index (χ2v) is 9.88. The van der Waals surface area contributed by atoms with E-state index < -0.39 is 40.3 Å². The van der Waals surface area contributed by atoms with Crippen LogP contribution in [0.5, 0.6) is 5.88 Å². The molecule has 2 aromatic heterocycles. The molecule has 0 unspecified atom stereocenters. The molecule has 0 radical (unpaired) electrons. The van der Waals surface area contributed by atoms with Crippen LogP contribution in [-0.2, 0) is 13.2 Å². The van der Waals surface area contributed by atoms with Crippen molar-refractivity contribution in [3.05, 3.63) is 91.3 Å². The summed E-state index contributed by atoms with van der Waals surface area (Å²) in [5.41, 5.74) is -2.11. The number of aliphatic hydroxyl groups is 1. The molecule has 0 aliphatic rings. The van der Waals surface area contributed by atoms with Crippen LogP contribution in [0.4, 0.5) is 8.78 Å². The summed E-state index contributed by atoms with van der Waals surface area (Å²) in [6, 6.07) is 7.46. The van der Waals surface area contributed by atoms with Gasteiger partial charge in [0, 0.05) is 18.6 Å². The van der Waals surface area contributed by atoms with Crippen LogP contribution < -0.4 is 16.0 Å². The Morgan fingerprint density at radius 3 is 2.44 bits per heavy atom. The van der Waals surface area contributed by atoms with E-state index in [1.165, 1.54) is 39.0 Å². The molecule has 0 saturated heterocycles. The highest BCUT2D eigenvalue weighted by molar-refractivity contribution is 6.31. The van der Waals surface area contributed by atoms with Crippen molar-refractivity contribution in [3.63, 3.8) is 0 Å². The quantitative estimate of drug-likeness (QED) is 0.367. The molecule has 0 saturated carbocycles. The maximum absolute atomic E-state index is 13.9. The largest absolute Gasteiger partial charge is 0.471 e. The highest BCUT2D eigenvalue weighted by atomic mass is 35.5. The van der Waals surface area contributed by atoms with Crippen molar-refractivity contribution in [2.24, 2.45) is 0 Å². The second kappa shape index (κ2) is 10.5. The van der Waals surface area contributed by atoms with Gasteiger partial charge in [0.05, 0.1) is 29.6 Å². The minimum atomic E-state index is -1.38. The van der Waals surface area contributed by atoms with Crippen LogP contribution in [0.3, 0.4) is 0 Å². The second-order valence-electron chi connectivity index (χ2n) is 9.50. The van der Waals surface area contributed by atoms with Crippen LogP contribution in [0.1, 0.15) is 47.9 Å². The standard InChI is InChI=1S/C26H23ClF2N4O6/c1-14(34)32-20-8-15(4-7-19(20)33(25(32)37)21(35)10-26(2,3)38)11-31-13-30-23(22(27)24(31)36)39-12-16-5-6-17(28)9-18(16)29/h4-9,13,38H,10-12H2,1-3H3. The first kappa shape index (κ1) is 27.9. The zero-order chi connectivity index (χ0) is 28.6. The first-order chi connectivity index (χ1) is 18.3. The molecular formula is C26H23ClF2N4O6. The van der Waals surface area contributed by atoms with Gasteiger partial charge >= 0.3 is 5.69 Å². The summed E-state index contributed by atoms with van der Waals surface area (Å²) in [6.45, 7) is 3.61. The number of fused-ring (bicyclic) bond motifs is 1. The third kappa shape index (κ3) is 5.81. The number of carbonyl (C=O) groups is 2. The van der Waals surface area contributed by atoms with E-state index in [4.69, 9.17) is 16.3 Å². The van der Waals surface area contributed by atoms with Gasteiger partial charge in [-0.1, -0.05) is 17.7 Å². The van der Waals surface area contributed by atoms with Gasteiger partial charge in [0.2, 0.25) is 17.7 Å². The van der Waals surface area contributed by atoms with E-state index in [9.17, 15) is 33.1 Å². The van der Waals surface area contributed by atoms with E-state index in [0.29, 0.717) is 11.6 Å². The molecule has 0 spiro atoms. The lowest BCUT2D eigenvalue weighted by atomic mass is 10.1.